The fraction of sp³-hybridized carbons (Fsp3) is 0.588. The van der Waals surface area contributed by atoms with E-state index in [1.807, 2.05) is 26.0 Å². The molecule has 0 radical (unpaired) electrons. The molecule has 1 aromatic rings. The minimum absolute atomic E-state index is 0.267. The van der Waals surface area contributed by atoms with Crippen molar-refractivity contribution in [1.82, 2.24) is 0 Å². The fourth-order valence-corrected chi connectivity index (χ4v) is 3.52. The van der Waals surface area contributed by atoms with Gasteiger partial charge in [-0.1, -0.05) is 26.7 Å². The van der Waals surface area contributed by atoms with E-state index >= 15 is 0 Å². The number of carbonyl (C=O) groups excluding carboxylic acids is 1. The van der Waals surface area contributed by atoms with Gasteiger partial charge in [-0.15, -0.1) is 0 Å². The van der Waals surface area contributed by atoms with Gasteiger partial charge in [0.25, 0.3) is 0 Å². The van der Waals surface area contributed by atoms with Crippen LogP contribution in [0.25, 0.3) is 0 Å². The van der Waals surface area contributed by atoms with Crippen molar-refractivity contribution >= 4 is 17.2 Å². The second-order valence-electron chi connectivity index (χ2n) is 6.86. The first-order valence-corrected chi connectivity index (χ1v) is 7.71. The van der Waals surface area contributed by atoms with Crippen molar-refractivity contribution in [3.05, 3.63) is 23.3 Å². The second kappa shape index (κ2) is 4.80. The Hall–Kier alpha value is -1.51. The standard InChI is InChI=1S/C17H24N2O/c1-17(2)11-12-9-14(18)15(10-13(12)16(17)20)19-7-5-3-4-6-8-19/h9-10H,3-8,11,18H2,1-2H3. The summed E-state index contributed by atoms with van der Waals surface area (Å²) >= 11 is 0. The number of nitrogens with zero attached hydrogens (tertiary/aromatic N) is 1. The van der Waals surface area contributed by atoms with Gasteiger partial charge in [0.2, 0.25) is 0 Å². The molecule has 108 valence electrons. The van der Waals surface area contributed by atoms with Crippen LogP contribution in [0, 0.1) is 5.41 Å². The lowest BCUT2D eigenvalue weighted by molar-refractivity contribution is 0.0863. The maximum Gasteiger partial charge on any atom is 0.169 e. The number of hydrogen-bond acceptors (Lipinski definition) is 3. The molecule has 3 heteroatoms. The molecular formula is C17H24N2O. The Kier molecular flexibility index (Phi) is 3.23. The first-order chi connectivity index (χ1) is 9.49. The van der Waals surface area contributed by atoms with Gasteiger partial charge < -0.3 is 10.6 Å². The minimum Gasteiger partial charge on any atom is -0.397 e. The molecule has 0 amide bonds. The van der Waals surface area contributed by atoms with E-state index in [1.165, 1.54) is 25.7 Å². The number of Topliss-reactive ketones (excluding diaryl/α,β-unsaturated/α-hetero) is 1. The summed E-state index contributed by atoms with van der Waals surface area (Å²) in [5, 5.41) is 0. The first-order valence-electron chi connectivity index (χ1n) is 7.71. The number of rotatable bonds is 1. The molecule has 0 aromatic heterocycles. The summed E-state index contributed by atoms with van der Waals surface area (Å²) in [6.45, 7) is 6.16. The van der Waals surface area contributed by atoms with Crippen LogP contribution in [0.4, 0.5) is 11.4 Å². The van der Waals surface area contributed by atoms with E-state index in [4.69, 9.17) is 5.73 Å². The summed E-state index contributed by atoms with van der Waals surface area (Å²) in [4.78, 5) is 14.8. The molecule has 0 unspecified atom stereocenters. The van der Waals surface area contributed by atoms with Crippen LogP contribution in [0.5, 0.6) is 0 Å². The smallest absolute Gasteiger partial charge is 0.169 e. The minimum atomic E-state index is -0.272. The van der Waals surface area contributed by atoms with Gasteiger partial charge in [-0.2, -0.15) is 0 Å². The van der Waals surface area contributed by atoms with Gasteiger partial charge in [-0.3, -0.25) is 4.79 Å². The Morgan fingerprint density at radius 2 is 1.75 bits per heavy atom. The van der Waals surface area contributed by atoms with Gasteiger partial charge in [0, 0.05) is 24.1 Å². The molecule has 1 aliphatic heterocycles. The molecule has 0 spiro atoms. The molecule has 0 bridgehead atoms. The Morgan fingerprint density at radius 1 is 1.10 bits per heavy atom. The monoisotopic (exact) mass is 272 g/mol. The molecule has 0 atom stereocenters. The molecule has 1 aliphatic carbocycles. The third kappa shape index (κ3) is 2.19. The fourth-order valence-electron chi connectivity index (χ4n) is 3.52. The Labute approximate surface area is 121 Å². The maximum atomic E-state index is 12.5. The molecule has 20 heavy (non-hydrogen) atoms. The molecular weight excluding hydrogens is 248 g/mol. The Bertz CT molecular complexity index is 540. The third-order valence-corrected chi connectivity index (χ3v) is 4.69. The molecule has 0 saturated carbocycles. The number of fused-ring (bicyclic) bond motifs is 1. The van der Waals surface area contributed by atoms with Gasteiger partial charge >= 0.3 is 0 Å². The third-order valence-electron chi connectivity index (χ3n) is 4.69. The average molecular weight is 272 g/mol. The van der Waals surface area contributed by atoms with Gasteiger partial charge in [-0.25, -0.2) is 0 Å². The van der Waals surface area contributed by atoms with Gasteiger partial charge in [-0.05, 0) is 37.0 Å². The molecule has 1 aromatic carbocycles. The lowest BCUT2D eigenvalue weighted by atomic mass is 9.89. The number of hydrogen-bond donors (Lipinski definition) is 1. The van der Waals surface area contributed by atoms with Crippen LogP contribution in [0.2, 0.25) is 0 Å². The second-order valence-corrected chi connectivity index (χ2v) is 6.86. The van der Waals surface area contributed by atoms with Crippen molar-refractivity contribution in [2.45, 2.75) is 46.0 Å². The zero-order valence-electron chi connectivity index (χ0n) is 12.5. The quantitative estimate of drug-likeness (QED) is 0.797. The topological polar surface area (TPSA) is 46.3 Å². The maximum absolute atomic E-state index is 12.5. The summed E-state index contributed by atoms with van der Waals surface area (Å²) in [6, 6.07) is 4.08. The highest BCUT2D eigenvalue weighted by molar-refractivity contribution is 6.06. The average Bonchev–Trinajstić information content (AvgIpc) is 2.61. The SMILES string of the molecule is CC1(C)Cc2cc(N)c(N3CCCCCC3)cc2C1=O. The van der Waals surface area contributed by atoms with Crippen LogP contribution in [-0.4, -0.2) is 18.9 Å². The van der Waals surface area contributed by atoms with Crippen LogP contribution in [0.3, 0.4) is 0 Å². The van der Waals surface area contributed by atoms with E-state index in [2.05, 4.69) is 4.90 Å². The highest BCUT2D eigenvalue weighted by Gasteiger charge is 2.38. The van der Waals surface area contributed by atoms with Crippen LogP contribution in [0.1, 0.15) is 55.5 Å². The first kappa shape index (κ1) is 13.5. The number of benzene rings is 1. The van der Waals surface area contributed by atoms with Crippen molar-refractivity contribution in [3.63, 3.8) is 0 Å². The lowest BCUT2D eigenvalue weighted by Crippen LogP contribution is -2.25. The van der Waals surface area contributed by atoms with E-state index < -0.39 is 0 Å². The van der Waals surface area contributed by atoms with E-state index in [0.29, 0.717) is 0 Å². The summed E-state index contributed by atoms with van der Waals surface area (Å²) < 4.78 is 0. The summed E-state index contributed by atoms with van der Waals surface area (Å²) in [7, 11) is 0. The summed E-state index contributed by atoms with van der Waals surface area (Å²) in [6.07, 6.45) is 5.85. The molecule has 1 heterocycles. The van der Waals surface area contributed by atoms with Crippen molar-refractivity contribution < 1.29 is 4.79 Å². The number of carbonyl (C=O) groups is 1. The summed E-state index contributed by atoms with van der Waals surface area (Å²) in [5.41, 5.74) is 9.89. The number of nitrogen functional groups attached to an aromatic ring is 1. The highest BCUT2D eigenvalue weighted by Crippen LogP contribution is 2.40. The van der Waals surface area contributed by atoms with Crippen molar-refractivity contribution in [3.8, 4) is 0 Å². The van der Waals surface area contributed by atoms with Gasteiger partial charge in [0.1, 0.15) is 0 Å². The zero-order chi connectivity index (χ0) is 14.3. The largest absolute Gasteiger partial charge is 0.397 e. The van der Waals surface area contributed by atoms with Gasteiger partial charge in [0.05, 0.1) is 11.4 Å². The molecule has 2 aliphatic rings. The van der Waals surface area contributed by atoms with E-state index in [9.17, 15) is 4.79 Å². The normalized spacial score (nSPS) is 21.7. The Morgan fingerprint density at radius 3 is 2.40 bits per heavy atom. The molecule has 1 saturated heterocycles. The lowest BCUT2D eigenvalue weighted by Gasteiger charge is -2.25. The number of anilines is 2. The van der Waals surface area contributed by atoms with E-state index in [1.54, 1.807) is 0 Å². The number of ketones is 1. The van der Waals surface area contributed by atoms with Crippen LogP contribution in [-0.2, 0) is 6.42 Å². The predicted octanol–water partition coefficient (Wildman–Crippen LogP) is 3.41. The highest BCUT2D eigenvalue weighted by atomic mass is 16.1. The molecule has 3 nitrogen and oxygen atoms in total. The van der Waals surface area contributed by atoms with Gasteiger partial charge in [0.15, 0.2) is 5.78 Å². The molecule has 3 rings (SSSR count). The molecule has 1 fully saturated rings. The number of nitrogens with two attached hydrogens (primary N) is 1. The van der Waals surface area contributed by atoms with Crippen molar-refractivity contribution in [2.24, 2.45) is 5.41 Å². The summed E-state index contributed by atoms with van der Waals surface area (Å²) in [5.74, 6) is 0.267. The van der Waals surface area contributed by atoms with Crippen LogP contribution < -0.4 is 10.6 Å². The predicted molar refractivity (Wildman–Crippen MR) is 83.4 cm³/mol. The Balaban J connectivity index is 1.98. The van der Waals surface area contributed by atoms with Crippen molar-refractivity contribution in [1.29, 1.82) is 0 Å². The van der Waals surface area contributed by atoms with Crippen molar-refractivity contribution in [2.75, 3.05) is 23.7 Å². The zero-order valence-corrected chi connectivity index (χ0v) is 12.5. The van der Waals surface area contributed by atoms with E-state index in [-0.39, 0.29) is 11.2 Å². The van der Waals surface area contributed by atoms with Crippen LogP contribution >= 0.6 is 0 Å². The van der Waals surface area contributed by atoms with E-state index in [0.717, 1.165) is 42.0 Å². The van der Waals surface area contributed by atoms with Crippen LogP contribution in [0.15, 0.2) is 12.1 Å². The molecule has 2 N–H and O–H groups in total.